The highest BCUT2D eigenvalue weighted by atomic mass is 16.5. The maximum Gasteiger partial charge on any atom is 0.338 e. The summed E-state index contributed by atoms with van der Waals surface area (Å²) in [6, 6.07) is 10.9. The van der Waals surface area contributed by atoms with Gasteiger partial charge in [0.1, 0.15) is 0 Å². The van der Waals surface area contributed by atoms with Gasteiger partial charge in [0, 0.05) is 0 Å². The lowest BCUT2D eigenvalue weighted by Crippen LogP contribution is -2.07. The number of ether oxygens (including phenoxy) is 2. The first-order valence-corrected chi connectivity index (χ1v) is 13.5. The summed E-state index contributed by atoms with van der Waals surface area (Å²) in [7, 11) is 0. The maximum absolute atomic E-state index is 12.4. The Labute approximate surface area is 206 Å². The molecule has 4 nitrogen and oxygen atoms in total. The van der Waals surface area contributed by atoms with Crippen molar-refractivity contribution in [3.05, 3.63) is 47.5 Å². The van der Waals surface area contributed by atoms with Gasteiger partial charge >= 0.3 is 11.9 Å². The second-order valence-electron chi connectivity index (χ2n) is 9.29. The Morgan fingerprint density at radius 3 is 1.26 bits per heavy atom. The van der Waals surface area contributed by atoms with E-state index in [9.17, 15) is 9.59 Å². The Balaban J connectivity index is 1.73. The van der Waals surface area contributed by atoms with Crippen LogP contribution in [0.15, 0.2) is 36.4 Å². The third-order valence-electron chi connectivity index (χ3n) is 6.27. The minimum absolute atomic E-state index is 0.286. The van der Waals surface area contributed by atoms with E-state index >= 15 is 0 Å². The number of fused-ring (bicyclic) bond motifs is 1. The van der Waals surface area contributed by atoms with Crippen LogP contribution in [0, 0.1) is 0 Å². The van der Waals surface area contributed by atoms with Gasteiger partial charge in [0.05, 0.1) is 24.3 Å². The van der Waals surface area contributed by atoms with Crippen molar-refractivity contribution in [1.29, 1.82) is 0 Å². The van der Waals surface area contributed by atoms with Gasteiger partial charge in [-0.25, -0.2) is 9.59 Å². The van der Waals surface area contributed by atoms with Crippen molar-refractivity contribution in [3.8, 4) is 0 Å². The minimum Gasteiger partial charge on any atom is -0.462 e. The number of rotatable bonds is 18. The lowest BCUT2D eigenvalue weighted by atomic mass is 10.0. The van der Waals surface area contributed by atoms with Crippen molar-refractivity contribution in [2.75, 3.05) is 13.2 Å². The number of unbranched alkanes of at least 4 members (excludes halogenated alkanes) is 12. The third-order valence-corrected chi connectivity index (χ3v) is 6.27. The summed E-state index contributed by atoms with van der Waals surface area (Å²) in [4.78, 5) is 24.8. The molecule has 0 N–H and O–H groups in total. The molecule has 2 aromatic carbocycles. The van der Waals surface area contributed by atoms with Gasteiger partial charge in [0.2, 0.25) is 0 Å². The second kappa shape index (κ2) is 17.1. The van der Waals surface area contributed by atoms with Crippen molar-refractivity contribution >= 4 is 22.7 Å². The molecule has 0 spiro atoms. The van der Waals surface area contributed by atoms with Crippen molar-refractivity contribution in [2.45, 2.75) is 104 Å². The smallest absolute Gasteiger partial charge is 0.338 e. The zero-order valence-electron chi connectivity index (χ0n) is 21.4. The van der Waals surface area contributed by atoms with Crippen LogP contribution in [0.2, 0.25) is 0 Å². The molecule has 2 aromatic rings. The topological polar surface area (TPSA) is 52.6 Å². The lowest BCUT2D eigenvalue weighted by molar-refractivity contribution is 0.0488. The highest BCUT2D eigenvalue weighted by Crippen LogP contribution is 2.20. The number of carbonyl (C=O) groups excluding carboxylic acids is 2. The van der Waals surface area contributed by atoms with E-state index in [1.54, 1.807) is 12.1 Å². The summed E-state index contributed by atoms with van der Waals surface area (Å²) in [6.45, 7) is 5.37. The molecule has 4 heteroatoms. The summed E-state index contributed by atoms with van der Waals surface area (Å²) in [5.41, 5.74) is 1.09. The maximum atomic E-state index is 12.4. The zero-order chi connectivity index (χ0) is 24.4. The van der Waals surface area contributed by atoms with Gasteiger partial charge < -0.3 is 9.47 Å². The molecular formula is C30H44O4. The first-order valence-electron chi connectivity index (χ1n) is 13.5. The summed E-state index contributed by atoms with van der Waals surface area (Å²) in [5, 5.41) is 1.82. The molecular weight excluding hydrogens is 424 g/mol. The molecule has 0 saturated carbocycles. The van der Waals surface area contributed by atoms with E-state index in [-0.39, 0.29) is 11.9 Å². The van der Waals surface area contributed by atoms with Crippen molar-refractivity contribution in [2.24, 2.45) is 0 Å². The molecule has 0 aliphatic carbocycles. The molecule has 34 heavy (non-hydrogen) atoms. The van der Waals surface area contributed by atoms with E-state index in [1.807, 2.05) is 24.3 Å². The van der Waals surface area contributed by atoms with Crippen molar-refractivity contribution in [1.82, 2.24) is 0 Å². The van der Waals surface area contributed by atoms with E-state index in [4.69, 9.17) is 9.47 Å². The molecule has 0 atom stereocenters. The summed E-state index contributed by atoms with van der Waals surface area (Å²) >= 11 is 0. The lowest BCUT2D eigenvalue weighted by Gasteiger charge is -2.08. The number of hydrogen-bond acceptors (Lipinski definition) is 4. The SMILES string of the molecule is CCCCCCCCCOC(=O)c1ccc2cc(C(=O)OCCCCCCCCC)ccc2c1. The van der Waals surface area contributed by atoms with Gasteiger partial charge in [-0.1, -0.05) is 103 Å². The number of benzene rings is 2. The molecule has 0 aromatic heterocycles. The molecule has 188 valence electrons. The minimum atomic E-state index is -0.286. The fourth-order valence-electron chi connectivity index (χ4n) is 4.11. The highest BCUT2D eigenvalue weighted by Gasteiger charge is 2.11. The van der Waals surface area contributed by atoms with Crippen molar-refractivity contribution < 1.29 is 19.1 Å². The van der Waals surface area contributed by atoms with E-state index in [2.05, 4.69) is 13.8 Å². The van der Waals surface area contributed by atoms with E-state index in [1.165, 1.54) is 64.2 Å². The second-order valence-corrected chi connectivity index (χ2v) is 9.29. The molecule has 0 heterocycles. The Morgan fingerprint density at radius 2 is 0.882 bits per heavy atom. The molecule has 0 aliphatic rings. The predicted molar refractivity (Wildman–Crippen MR) is 140 cm³/mol. The first kappa shape index (κ1) is 27.9. The van der Waals surface area contributed by atoms with Crippen LogP contribution in [0.3, 0.4) is 0 Å². The standard InChI is InChI=1S/C30H44O4/c1-3-5-7-9-11-13-15-21-33-29(31)27-19-17-26-24-28(20-18-25(26)23-27)30(32)34-22-16-14-12-10-8-6-4-2/h17-20,23-24H,3-16,21-22H2,1-2H3. The van der Waals surface area contributed by atoms with Crippen LogP contribution in [0.4, 0.5) is 0 Å². The summed E-state index contributed by atoms with van der Waals surface area (Å²) < 4.78 is 10.9. The molecule has 0 amide bonds. The fraction of sp³-hybridized carbons (Fsp3) is 0.600. The van der Waals surface area contributed by atoms with Gasteiger partial charge in [0.15, 0.2) is 0 Å². The van der Waals surface area contributed by atoms with Gasteiger partial charge in [-0.05, 0) is 47.9 Å². The van der Waals surface area contributed by atoms with Gasteiger partial charge in [0.25, 0.3) is 0 Å². The van der Waals surface area contributed by atoms with Crippen LogP contribution >= 0.6 is 0 Å². The average Bonchev–Trinajstić information content (AvgIpc) is 2.86. The van der Waals surface area contributed by atoms with Gasteiger partial charge in [-0.3, -0.25) is 0 Å². The summed E-state index contributed by atoms with van der Waals surface area (Å²) in [5.74, 6) is -0.572. The van der Waals surface area contributed by atoms with Gasteiger partial charge in [-0.15, -0.1) is 0 Å². The zero-order valence-corrected chi connectivity index (χ0v) is 21.4. The molecule has 0 radical (unpaired) electrons. The Morgan fingerprint density at radius 1 is 0.529 bits per heavy atom. The molecule has 0 bridgehead atoms. The largest absolute Gasteiger partial charge is 0.462 e. The highest BCUT2D eigenvalue weighted by molar-refractivity contribution is 5.99. The van der Waals surface area contributed by atoms with Crippen molar-refractivity contribution in [3.63, 3.8) is 0 Å². The van der Waals surface area contributed by atoms with Crippen LogP contribution in [0.1, 0.15) is 124 Å². The Bertz CT molecular complexity index is 787. The number of esters is 2. The quantitative estimate of drug-likeness (QED) is 0.162. The Hall–Kier alpha value is -2.36. The third kappa shape index (κ3) is 10.7. The Kier molecular flexibility index (Phi) is 14.0. The average molecular weight is 469 g/mol. The molecule has 2 rings (SSSR count). The summed E-state index contributed by atoms with van der Waals surface area (Å²) in [6.07, 6.45) is 16.7. The van der Waals surface area contributed by atoms with E-state index in [0.29, 0.717) is 24.3 Å². The first-order chi connectivity index (χ1) is 16.7. The van der Waals surface area contributed by atoms with Crippen LogP contribution in [0.25, 0.3) is 10.8 Å². The number of hydrogen-bond donors (Lipinski definition) is 0. The molecule has 0 fully saturated rings. The number of carbonyl (C=O) groups is 2. The van der Waals surface area contributed by atoms with Crippen LogP contribution < -0.4 is 0 Å². The van der Waals surface area contributed by atoms with Crippen LogP contribution in [-0.2, 0) is 9.47 Å². The van der Waals surface area contributed by atoms with Crippen LogP contribution in [0.5, 0.6) is 0 Å². The molecule has 0 aliphatic heterocycles. The monoisotopic (exact) mass is 468 g/mol. The predicted octanol–water partition coefficient (Wildman–Crippen LogP) is 8.65. The molecule has 0 unspecified atom stereocenters. The normalized spacial score (nSPS) is 11.0. The molecule has 0 saturated heterocycles. The fourth-order valence-corrected chi connectivity index (χ4v) is 4.11. The van der Waals surface area contributed by atoms with E-state index in [0.717, 1.165) is 36.5 Å². The van der Waals surface area contributed by atoms with Crippen LogP contribution in [-0.4, -0.2) is 25.2 Å². The van der Waals surface area contributed by atoms with E-state index < -0.39 is 0 Å². The van der Waals surface area contributed by atoms with Gasteiger partial charge in [-0.2, -0.15) is 0 Å².